The third-order valence-corrected chi connectivity index (χ3v) is 2.63. The number of rotatable bonds is 7. The van der Waals surface area contributed by atoms with E-state index in [0.717, 1.165) is 0 Å². The standard InChI is InChI=1S/C9H10O3.C6H14N4O2/c1-7(10)9(11)12-8-5-3-2-4-6-8;7-4(5(11)12)2-1-3-10-6(8)9/h2-7,10H,1H3;4H,1-3,7H2,(H,11,12)(H4,8,9,10). The topological polar surface area (TPSA) is 172 Å². The molecule has 0 saturated carbocycles. The zero-order valence-corrected chi connectivity index (χ0v) is 13.4. The van der Waals surface area contributed by atoms with Gasteiger partial charge in [0, 0.05) is 6.54 Å². The van der Waals surface area contributed by atoms with Gasteiger partial charge in [0.15, 0.2) is 5.96 Å². The second-order valence-corrected chi connectivity index (χ2v) is 4.84. The van der Waals surface area contributed by atoms with Crippen LogP contribution in [0.4, 0.5) is 0 Å². The van der Waals surface area contributed by atoms with Crippen LogP contribution in [-0.2, 0) is 9.59 Å². The normalized spacial score (nSPS) is 12.1. The molecule has 0 radical (unpaired) electrons. The molecule has 0 fully saturated rings. The van der Waals surface area contributed by atoms with Crippen molar-refractivity contribution in [3.8, 4) is 5.75 Å². The van der Waals surface area contributed by atoms with Gasteiger partial charge in [-0.1, -0.05) is 18.2 Å². The quantitative estimate of drug-likeness (QED) is 0.128. The Kier molecular flexibility index (Phi) is 10.5. The SMILES string of the molecule is CC(O)C(=O)Oc1ccccc1.N=C(N)NCCCC(N)C(=O)O. The van der Waals surface area contributed by atoms with E-state index in [9.17, 15) is 9.59 Å². The third-order valence-electron chi connectivity index (χ3n) is 2.63. The number of carboxylic acid groups (broad SMARTS) is 1. The molecule has 0 amide bonds. The Morgan fingerprint density at radius 3 is 2.38 bits per heavy atom. The highest BCUT2D eigenvalue weighted by Crippen LogP contribution is 2.08. The number of aliphatic hydroxyl groups is 1. The molecular weight excluding hydrogens is 316 g/mol. The number of nitrogens with two attached hydrogens (primary N) is 2. The lowest BCUT2D eigenvalue weighted by atomic mass is 10.2. The molecule has 24 heavy (non-hydrogen) atoms. The highest BCUT2D eigenvalue weighted by Gasteiger charge is 2.10. The first kappa shape index (κ1) is 21.4. The van der Waals surface area contributed by atoms with Gasteiger partial charge in [-0.15, -0.1) is 0 Å². The van der Waals surface area contributed by atoms with Crippen molar-refractivity contribution < 1.29 is 24.5 Å². The maximum Gasteiger partial charge on any atom is 0.340 e. The highest BCUT2D eigenvalue weighted by molar-refractivity contribution is 5.76. The van der Waals surface area contributed by atoms with Gasteiger partial charge in [-0.3, -0.25) is 10.2 Å². The molecule has 9 nitrogen and oxygen atoms in total. The van der Waals surface area contributed by atoms with Crippen molar-refractivity contribution in [3.05, 3.63) is 30.3 Å². The zero-order valence-electron chi connectivity index (χ0n) is 13.4. The summed E-state index contributed by atoms with van der Waals surface area (Å²) in [6, 6.07) is 7.81. The first-order valence-electron chi connectivity index (χ1n) is 7.25. The Morgan fingerprint density at radius 1 is 1.33 bits per heavy atom. The van der Waals surface area contributed by atoms with E-state index < -0.39 is 24.1 Å². The Labute approximate surface area is 140 Å². The molecule has 9 heteroatoms. The smallest absolute Gasteiger partial charge is 0.340 e. The van der Waals surface area contributed by atoms with Crippen LogP contribution in [0.2, 0.25) is 0 Å². The number of esters is 1. The summed E-state index contributed by atoms with van der Waals surface area (Å²) in [6.07, 6.45) is -0.104. The average molecular weight is 340 g/mol. The number of carboxylic acids is 1. The average Bonchev–Trinajstić information content (AvgIpc) is 2.52. The number of carbonyl (C=O) groups excluding carboxylic acids is 1. The molecule has 1 aromatic rings. The van der Waals surface area contributed by atoms with Crippen molar-refractivity contribution in [1.82, 2.24) is 5.32 Å². The van der Waals surface area contributed by atoms with E-state index in [4.69, 9.17) is 31.8 Å². The molecule has 1 rings (SSSR count). The fourth-order valence-electron chi connectivity index (χ4n) is 1.36. The van der Waals surface area contributed by atoms with Gasteiger partial charge in [-0.05, 0) is 31.9 Å². The summed E-state index contributed by atoms with van der Waals surface area (Å²) in [4.78, 5) is 21.1. The third kappa shape index (κ3) is 11.0. The Balaban J connectivity index is 0.000000441. The molecule has 0 aliphatic carbocycles. The Bertz CT molecular complexity index is 522. The van der Waals surface area contributed by atoms with Crippen molar-refractivity contribution in [1.29, 1.82) is 5.41 Å². The molecule has 0 bridgehead atoms. The van der Waals surface area contributed by atoms with E-state index in [1.165, 1.54) is 6.92 Å². The van der Waals surface area contributed by atoms with E-state index in [0.29, 0.717) is 25.1 Å². The molecule has 134 valence electrons. The monoisotopic (exact) mass is 340 g/mol. The van der Waals surface area contributed by atoms with Gasteiger partial charge in [-0.2, -0.15) is 0 Å². The molecule has 0 spiro atoms. The van der Waals surface area contributed by atoms with E-state index in [-0.39, 0.29) is 5.96 Å². The first-order chi connectivity index (χ1) is 11.2. The minimum absolute atomic E-state index is 0.112. The molecule has 0 aliphatic heterocycles. The number of para-hydroxylation sites is 1. The number of carbonyl (C=O) groups is 2. The minimum atomic E-state index is -1.08. The number of aliphatic carboxylic acids is 1. The lowest BCUT2D eigenvalue weighted by molar-refractivity contribution is -0.142. The highest BCUT2D eigenvalue weighted by atomic mass is 16.5. The van der Waals surface area contributed by atoms with Crippen LogP contribution in [0.25, 0.3) is 0 Å². The van der Waals surface area contributed by atoms with Crippen molar-refractivity contribution in [3.63, 3.8) is 0 Å². The molecule has 2 atom stereocenters. The molecule has 0 heterocycles. The summed E-state index contributed by atoms with van der Waals surface area (Å²) >= 11 is 0. The van der Waals surface area contributed by atoms with Gasteiger partial charge < -0.3 is 31.7 Å². The van der Waals surface area contributed by atoms with E-state index >= 15 is 0 Å². The molecule has 2 unspecified atom stereocenters. The summed E-state index contributed by atoms with van der Waals surface area (Å²) in [5, 5.41) is 26.5. The van der Waals surface area contributed by atoms with Crippen LogP contribution < -0.4 is 21.5 Å². The van der Waals surface area contributed by atoms with Crippen molar-refractivity contribution in [2.75, 3.05) is 6.54 Å². The lowest BCUT2D eigenvalue weighted by Crippen LogP contribution is -2.34. The molecule has 8 N–H and O–H groups in total. The van der Waals surface area contributed by atoms with Crippen LogP contribution in [0.3, 0.4) is 0 Å². The van der Waals surface area contributed by atoms with Crippen LogP contribution in [-0.4, -0.2) is 46.8 Å². The lowest BCUT2D eigenvalue weighted by Gasteiger charge is -2.06. The number of hydrogen-bond acceptors (Lipinski definition) is 6. The van der Waals surface area contributed by atoms with Gasteiger partial charge in [0.2, 0.25) is 0 Å². The summed E-state index contributed by atoms with van der Waals surface area (Å²) in [5.41, 5.74) is 10.2. The summed E-state index contributed by atoms with van der Waals surface area (Å²) < 4.78 is 4.79. The van der Waals surface area contributed by atoms with Crippen LogP contribution in [0.5, 0.6) is 5.75 Å². The van der Waals surface area contributed by atoms with Crippen molar-refractivity contribution in [2.24, 2.45) is 11.5 Å². The second-order valence-electron chi connectivity index (χ2n) is 4.84. The number of aliphatic hydroxyl groups excluding tert-OH is 1. The maximum atomic E-state index is 10.8. The van der Waals surface area contributed by atoms with Crippen LogP contribution >= 0.6 is 0 Å². The number of hydrogen-bond donors (Lipinski definition) is 6. The van der Waals surface area contributed by atoms with Crippen LogP contribution in [0.1, 0.15) is 19.8 Å². The summed E-state index contributed by atoms with van der Waals surface area (Å²) in [7, 11) is 0. The number of nitrogens with one attached hydrogen (secondary N) is 2. The largest absolute Gasteiger partial charge is 0.480 e. The Hall–Kier alpha value is -2.65. The number of ether oxygens (including phenoxy) is 1. The van der Waals surface area contributed by atoms with E-state index in [1.807, 2.05) is 6.07 Å². The Morgan fingerprint density at radius 2 is 1.92 bits per heavy atom. The second kappa shape index (κ2) is 11.9. The predicted molar refractivity (Wildman–Crippen MR) is 88.5 cm³/mol. The molecule has 1 aromatic carbocycles. The molecule has 0 aliphatic rings. The van der Waals surface area contributed by atoms with Crippen molar-refractivity contribution >= 4 is 17.9 Å². The molecule has 0 saturated heterocycles. The van der Waals surface area contributed by atoms with Gasteiger partial charge in [0.1, 0.15) is 17.9 Å². The first-order valence-corrected chi connectivity index (χ1v) is 7.25. The summed E-state index contributed by atoms with van der Waals surface area (Å²) in [5.74, 6) is -1.30. The van der Waals surface area contributed by atoms with Gasteiger partial charge in [-0.25, -0.2) is 4.79 Å². The predicted octanol–water partition coefficient (Wildman–Crippen LogP) is -0.366. The van der Waals surface area contributed by atoms with Gasteiger partial charge in [0.25, 0.3) is 0 Å². The van der Waals surface area contributed by atoms with E-state index in [1.54, 1.807) is 24.3 Å². The molecule has 0 aromatic heterocycles. The van der Waals surface area contributed by atoms with Gasteiger partial charge >= 0.3 is 11.9 Å². The number of benzene rings is 1. The fourth-order valence-corrected chi connectivity index (χ4v) is 1.36. The van der Waals surface area contributed by atoms with Crippen LogP contribution in [0, 0.1) is 5.41 Å². The zero-order chi connectivity index (χ0) is 18.5. The maximum absolute atomic E-state index is 10.8. The fraction of sp³-hybridized carbons (Fsp3) is 0.400. The van der Waals surface area contributed by atoms with E-state index in [2.05, 4.69) is 5.32 Å². The van der Waals surface area contributed by atoms with Gasteiger partial charge in [0.05, 0.1) is 0 Å². The minimum Gasteiger partial charge on any atom is -0.480 e. The summed E-state index contributed by atoms with van der Waals surface area (Å²) in [6.45, 7) is 1.85. The van der Waals surface area contributed by atoms with Crippen LogP contribution in [0.15, 0.2) is 30.3 Å². The number of guanidine groups is 1. The van der Waals surface area contributed by atoms with Crippen molar-refractivity contribution in [2.45, 2.75) is 31.9 Å². The molecular formula is C15H24N4O5.